The Kier molecular flexibility index (Phi) is 7.00. The molecule has 0 aliphatic heterocycles. The Morgan fingerprint density at radius 2 is 1.50 bits per heavy atom. The second-order valence-electron chi connectivity index (χ2n) is 6.60. The van der Waals surface area contributed by atoms with Gasteiger partial charge in [-0.05, 0) is 61.0 Å². The summed E-state index contributed by atoms with van der Waals surface area (Å²) in [7, 11) is 0. The number of ether oxygens (including phenoxy) is 1. The van der Waals surface area contributed by atoms with Crippen LogP contribution in [0.4, 0.5) is 14.9 Å². The maximum absolute atomic E-state index is 12.9. The van der Waals surface area contributed by atoms with Crippen molar-refractivity contribution in [2.75, 3.05) is 5.32 Å². The Morgan fingerprint density at radius 3 is 2.13 bits per heavy atom. The van der Waals surface area contributed by atoms with Crippen LogP contribution in [0.5, 0.6) is 11.5 Å². The molecule has 0 aliphatic rings. The van der Waals surface area contributed by atoms with Gasteiger partial charge in [-0.15, -0.1) is 0 Å². The van der Waals surface area contributed by atoms with Crippen molar-refractivity contribution in [2.24, 2.45) is 0 Å². The molecule has 0 radical (unpaired) electrons. The molecule has 0 aromatic heterocycles. The molecule has 0 unspecified atom stereocenters. The van der Waals surface area contributed by atoms with Gasteiger partial charge < -0.3 is 20.7 Å². The first-order valence-corrected chi connectivity index (χ1v) is 9.42. The summed E-state index contributed by atoms with van der Waals surface area (Å²) < 4.78 is 18.6. The predicted octanol–water partition coefficient (Wildman–Crippen LogP) is 4.44. The van der Waals surface area contributed by atoms with Crippen LogP contribution in [0.3, 0.4) is 0 Å². The van der Waals surface area contributed by atoms with Crippen LogP contribution in [0.1, 0.15) is 12.5 Å². The zero-order valence-corrected chi connectivity index (χ0v) is 16.4. The Bertz CT molecular complexity index is 977. The lowest BCUT2D eigenvalue weighted by molar-refractivity contribution is -0.122. The summed E-state index contributed by atoms with van der Waals surface area (Å²) >= 11 is 0. The molecule has 3 aromatic rings. The van der Waals surface area contributed by atoms with Crippen molar-refractivity contribution in [1.29, 1.82) is 0 Å². The van der Waals surface area contributed by atoms with Crippen LogP contribution in [0, 0.1) is 5.82 Å². The van der Waals surface area contributed by atoms with E-state index in [2.05, 4.69) is 16.0 Å². The Morgan fingerprint density at radius 1 is 0.900 bits per heavy atom. The van der Waals surface area contributed by atoms with Crippen LogP contribution in [-0.4, -0.2) is 18.0 Å². The van der Waals surface area contributed by atoms with Crippen molar-refractivity contribution in [1.82, 2.24) is 10.6 Å². The van der Waals surface area contributed by atoms with E-state index in [1.165, 1.54) is 12.1 Å². The number of hydrogen-bond acceptors (Lipinski definition) is 3. The van der Waals surface area contributed by atoms with E-state index >= 15 is 0 Å². The van der Waals surface area contributed by atoms with Crippen molar-refractivity contribution in [2.45, 2.75) is 19.5 Å². The number of amides is 3. The topological polar surface area (TPSA) is 79.5 Å². The summed E-state index contributed by atoms with van der Waals surface area (Å²) in [6, 6.07) is 20.7. The summed E-state index contributed by atoms with van der Waals surface area (Å²) in [5.41, 5.74) is 1.52. The molecule has 0 saturated heterocycles. The molecule has 3 amide bonds. The minimum Gasteiger partial charge on any atom is -0.457 e. The highest BCUT2D eigenvalue weighted by Gasteiger charge is 2.15. The molecular formula is C23H22FN3O3. The van der Waals surface area contributed by atoms with Gasteiger partial charge in [0.1, 0.15) is 23.4 Å². The van der Waals surface area contributed by atoms with Gasteiger partial charge in [0.15, 0.2) is 0 Å². The number of hydrogen-bond donors (Lipinski definition) is 3. The first kappa shape index (κ1) is 20.9. The molecule has 3 rings (SSSR count). The lowest BCUT2D eigenvalue weighted by Crippen LogP contribution is -2.46. The number of nitrogens with one attached hydrogen (secondary N) is 3. The van der Waals surface area contributed by atoms with Crippen molar-refractivity contribution in [3.63, 3.8) is 0 Å². The molecule has 0 bridgehead atoms. The summed E-state index contributed by atoms with van der Waals surface area (Å²) in [6.45, 7) is 1.92. The first-order chi connectivity index (χ1) is 14.5. The number of anilines is 1. The lowest BCUT2D eigenvalue weighted by Gasteiger charge is -2.15. The normalized spacial score (nSPS) is 11.3. The second-order valence-corrected chi connectivity index (χ2v) is 6.60. The number of halogens is 1. The number of carbonyl (C=O) groups is 2. The number of para-hydroxylation sites is 1. The van der Waals surface area contributed by atoms with E-state index in [1.807, 2.05) is 30.3 Å². The quantitative estimate of drug-likeness (QED) is 0.542. The van der Waals surface area contributed by atoms with Gasteiger partial charge >= 0.3 is 6.03 Å². The summed E-state index contributed by atoms with van der Waals surface area (Å²) in [5.74, 6) is 0.509. The highest BCUT2D eigenvalue weighted by Crippen LogP contribution is 2.21. The van der Waals surface area contributed by atoms with Crippen LogP contribution in [0.25, 0.3) is 0 Å². The van der Waals surface area contributed by atoms with E-state index in [0.29, 0.717) is 23.7 Å². The van der Waals surface area contributed by atoms with Gasteiger partial charge in [-0.1, -0.05) is 30.3 Å². The van der Waals surface area contributed by atoms with Gasteiger partial charge in [-0.2, -0.15) is 0 Å². The molecule has 0 heterocycles. The van der Waals surface area contributed by atoms with Crippen molar-refractivity contribution in [3.05, 3.63) is 90.2 Å². The monoisotopic (exact) mass is 407 g/mol. The molecule has 0 aliphatic carbocycles. The van der Waals surface area contributed by atoms with Gasteiger partial charge in [0.25, 0.3) is 0 Å². The average Bonchev–Trinajstić information content (AvgIpc) is 2.75. The van der Waals surface area contributed by atoms with Crippen molar-refractivity contribution >= 4 is 17.6 Å². The van der Waals surface area contributed by atoms with Crippen molar-refractivity contribution in [3.8, 4) is 11.5 Å². The third-order valence-electron chi connectivity index (χ3n) is 4.21. The van der Waals surface area contributed by atoms with Gasteiger partial charge in [-0.3, -0.25) is 4.79 Å². The predicted molar refractivity (Wildman–Crippen MR) is 113 cm³/mol. The summed E-state index contributed by atoms with van der Waals surface area (Å²) in [4.78, 5) is 24.2. The molecule has 6 nitrogen and oxygen atoms in total. The van der Waals surface area contributed by atoms with E-state index in [1.54, 1.807) is 43.3 Å². The lowest BCUT2D eigenvalue weighted by atomic mass is 10.2. The Balaban J connectivity index is 1.44. The number of urea groups is 1. The fourth-order valence-corrected chi connectivity index (χ4v) is 2.61. The maximum Gasteiger partial charge on any atom is 0.319 e. The van der Waals surface area contributed by atoms with Crippen LogP contribution in [-0.2, 0) is 11.3 Å². The SMILES string of the molecule is C[C@H](NC(=O)Nc1ccccc1)C(=O)NCc1ccc(Oc2ccc(F)cc2)cc1. The van der Waals surface area contributed by atoms with Crippen LogP contribution >= 0.6 is 0 Å². The Labute approximate surface area is 174 Å². The third-order valence-corrected chi connectivity index (χ3v) is 4.21. The van der Waals surface area contributed by atoms with E-state index in [0.717, 1.165) is 5.56 Å². The summed E-state index contributed by atoms with van der Waals surface area (Å²) in [6.07, 6.45) is 0. The fourth-order valence-electron chi connectivity index (χ4n) is 2.61. The van der Waals surface area contributed by atoms with Gasteiger partial charge in [-0.25, -0.2) is 9.18 Å². The largest absolute Gasteiger partial charge is 0.457 e. The zero-order valence-electron chi connectivity index (χ0n) is 16.4. The minimum absolute atomic E-state index is 0.301. The van der Waals surface area contributed by atoms with Gasteiger partial charge in [0.2, 0.25) is 5.91 Å². The van der Waals surface area contributed by atoms with E-state index in [-0.39, 0.29) is 11.7 Å². The molecule has 30 heavy (non-hydrogen) atoms. The maximum atomic E-state index is 12.9. The van der Waals surface area contributed by atoms with E-state index < -0.39 is 12.1 Å². The molecule has 0 fully saturated rings. The zero-order chi connectivity index (χ0) is 21.3. The molecule has 0 saturated carbocycles. The highest BCUT2D eigenvalue weighted by atomic mass is 19.1. The van der Waals surface area contributed by atoms with E-state index in [4.69, 9.17) is 4.74 Å². The minimum atomic E-state index is -0.699. The second kappa shape index (κ2) is 10.1. The van der Waals surface area contributed by atoms with Crippen LogP contribution in [0.2, 0.25) is 0 Å². The van der Waals surface area contributed by atoms with E-state index in [9.17, 15) is 14.0 Å². The van der Waals surface area contributed by atoms with Crippen LogP contribution < -0.4 is 20.7 Å². The molecule has 0 spiro atoms. The molecular weight excluding hydrogens is 385 g/mol. The number of benzene rings is 3. The number of carbonyl (C=O) groups excluding carboxylic acids is 2. The smallest absolute Gasteiger partial charge is 0.319 e. The molecule has 1 atom stereocenters. The summed E-state index contributed by atoms with van der Waals surface area (Å²) in [5, 5.41) is 8.04. The van der Waals surface area contributed by atoms with Gasteiger partial charge in [0, 0.05) is 12.2 Å². The standard InChI is InChI=1S/C23H22FN3O3/c1-16(26-23(29)27-19-5-3-2-4-6-19)22(28)25-15-17-7-11-20(12-8-17)30-21-13-9-18(24)10-14-21/h2-14,16H,15H2,1H3,(H,25,28)(H2,26,27,29)/t16-/m0/s1. The molecule has 7 heteroatoms. The fraction of sp³-hybridized carbons (Fsp3) is 0.130. The van der Waals surface area contributed by atoms with Gasteiger partial charge in [0.05, 0.1) is 0 Å². The number of rotatable bonds is 7. The van der Waals surface area contributed by atoms with Crippen molar-refractivity contribution < 1.29 is 18.7 Å². The third kappa shape index (κ3) is 6.34. The van der Waals surface area contributed by atoms with Crippen LogP contribution in [0.15, 0.2) is 78.9 Å². The molecule has 3 aromatic carbocycles. The Hall–Kier alpha value is -3.87. The average molecular weight is 407 g/mol. The highest BCUT2D eigenvalue weighted by molar-refractivity contribution is 5.93. The molecule has 3 N–H and O–H groups in total. The first-order valence-electron chi connectivity index (χ1n) is 9.42. The molecule has 154 valence electrons.